The molecular formula is C19H19N3O3S. The van der Waals surface area contributed by atoms with Crippen molar-refractivity contribution in [3.63, 3.8) is 0 Å². The minimum Gasteiger partial charge on any atom is -0.341 e. The number of hydrogen-bond donors (Lipinski definition) is 2. The van der Waals surface area contributed by atoms with Gasteiger partial charge in [0.05, 0.1) is 16.6 Å². The Labute approximate surface area is 154 Å². The summed E-state index contributed by atoms with van der Waals surface area (Å²) < 4.78 is 3.48. The molecule has 6 nitrogen and oxygen atoms in total. The van der Waals surface area contributed by atoms with Crippen molar-refractivity contribution >= 4 is 33.4 Å². The maximum absolute atomic E-state index is 12.2. The van der Waals surface area contributed by atoms with Crippen LogP contribution in [0.15, 0.2) is 30.3 Å². The summed E-state index contributed by atoms with van der Waals surface area (Å²) in [6.45, 7) is 3.38. The number of amides is 2. The van der Waals surface area contributed by atoms with Gasteiger partial charge in [-0.1, -0.05) is 12.1 Å². The Kier molecular flexibility index (Phi) is 4.05. The molecular weight excluding hydrogens is 350 g/mol. The smallest absolute Gasteiger partial charge is 0.274 e. The number of carbonyl (C=O) groups is 2. The zero-order valence-electron chi connectivity index (χ0n) is 14.6. The van der Waals surface area contributed by atoms with E-state index >= 15 is 0 Å². The Morgan fingerprint density at radius 2 is 2.04 bits per heavy atom. The van der Waals surface area contributed by atoms with Crippen LogP contribution >= 0.6 is 11.3 Å². The highest BCUT2D eigenvalue weighted by molar-refractivity contribution is 7.19. The van der Waals surface area contributed by atoms with Crippen LogP contribution in [0.3, 0.4) is 0 Å². The van der Waals surface area contributed by atoms with Crippen LogP contribution in [0.5, 0.6) is 0 Å². The van der Waals surface area contributed by atoms with Crippen molar-refractivity contribution in [3.05, 3.63) is 57.6 Å². The first-order valence-corrected chi connectivity index (χ1v) is 9.17. The number of aromatic nitrogens is 1. The van der Waals surface area contributed by atoms with Crippen molar-refractivity contribution in [3.8, 4) is 0 Å². The first-order valence-electron chi connectivity index (χ1n) is 8.35. The van der Waals surface area contributed by atoms with E-state index < -0.39 is 5.91 Å². The van der Waals surface area contributed by atoms with E-state index in [4.69, 9.17) is 5.21 Å². The van der Waals surface area contributed by atoms with Gasteiger partial charge in [-0.2, -0.15) is 0 Å². The number of likely N-dealkylation sites (N-methyl/N-ethyl adjacent to an activating group) is 1. The number of hydroxylamine groups is 1. The average Bonchev–Trinajstić information content (AvgIpc) is 3.13. The van der Waals surface area contributed by atoms with E-state index in [1.807, 2.05) is 19.2 Å². The van der Waals surface area contributed by atoms with Crippen molar-refractivity contribution < 1.29 is 14.8 Å². The number of nitrogens with zero attached hydrogens (tertiary/aromatic N) is 2. The van der Waals surface area contributed by atoms with Crippen molar-refractivity contribution in [1.29, 1.82) is 0 Å². The molecule has 1 aliphatic rings. The highest BCUT2D eigenvalue weighted by Crippen LogP contribution is 2.36. The number of hydrogen-bond acceptors (Lipinski definition) is 4. The van der Waals surface area contributed by atoms with Crippen LogP contribution in [0.25, 0.3) is 10.2 Å². The van der Waals surface area contributed by atoms with Gasteiger partial charge in [-0.25, -0.2) is 5.48 Å². The zero-order valence-corrected chi connectivity index (χ0v) is 15.4. The molecule has 3 aromatic rings. The second-order valence-electron chi connectivity index (χ2n) is 6.65. The molecule has 0 saturated carbocycles. The number of aryl methyl sites for hydroxylation is 1. The molecule has 2 aromatic heterocycles. The molecule has 0 saturated heterocycles. The number of nitrogens with one attached hydrogen (secondary N) is 1. The van der Waals surface area contributed by atoms with Crippen molar-refractivity contribution in [1.82, 2.24) is 14.9 Å². The molecule has 3 heterocycles. The van der Waals surface area contributed by atoms with Gasteiger partial charge in [0.25, 0.3) is 5.91 Å². The Bertz CT molecular complexity index is 1020. The van der Waals surface area contributed by atoms with Gasteiger partial charge in [0, 0.05) is 41.8 Å². The standard InChI is InChI=1S/C19H19N3O3S/c1-11-7-16-18(26-11)14-10-21(2)17(23)8-15(14)22(16)9-12-3-5-13(6-4-12)19(24)20-25/h3-7,25H,8-10H2,1-2H3,(H,20,24). The van der Waals surface area contributed by atoms with E-state index in [1.54, 1.807) is 33.8 Å². The fraction of sp³-hybridized carbons (Fsp3) is 0.263. The van der Waals surface area contributed by atoms with Crippen LogP contribution in [0.2, 0.25) is 0 Å². The summed E-state index contributed by atoms with van der Waals surface area (Å²) in [6.07, 6.45) is 0.414. The number of rotatable bonds is 3. The van der Waals surface area contributed by atoms with Crippen LogP contribution in [-0.4, -0.2) is 33.5 Å². The van der Waals surface area contributed by atoms with Gasteiger partial charge in [0.2, 0.25) is 5.91 Å². The molecule has 1 aliphatic heterocycles. The largest absolute Gasteiger partial charge is 0.341 e. The van der Waals surface area contributed by atoms with Crippen LogP contribution in [0, 0.1) is 6.92 Å². The zero-order chi connectivity index (χ0) is 18.4. The van der Waals surface area contributed by atoms with Gasteiger partial charge in [0.1, 0.15) is 0 Å². The Balaban J connectivity index is 1.75. The number of fused-ring (bicyclic) bond motifs is 3. The second kappa shape index (κ2) is 6.26. The molecule has 0 atom stereocenters. The normalized spacial score (nSPS) is 14.0. The van der Waals surface area contributed by atoms with Crippen LogP contribution in [-0.2, 0) is 24.3 Å². The summed E-state index contributed by atoms with van der Waals surface area (Å²) >= 11 is 1.77. The Morgan fingerprint density at radius 1 is 1.31 bits per heavy atom. The highest BCUT2D eigenvalue weighted by Gasteiger charge is 2.28. The van der Waals surface area contributed by atoms with E-state index in [2.05, 4.69) is 17.6 Å². The molecule has 0 unspecified atom stereocenters. The maximum atomic E-state index is 12.2. The first-order chi connectivity index (χ1) is 12.5. The van der Waals surface area contributed by atoms with E-state index in [-0.39, 0.29) is 5.91 Å². The van der Waals surface area contributed by atoms with Gasteiger partial charge in [-0.15, -0.1) is 11.3 Å². The van der Waals surface area contributed by atoms with E-state index in [1.165, 1.54) is 15.1 Å². The predicted molar refractivity (Wildman–Crippen MR) is 99.5 cm³/mol. The van der Waals surface area contributed by atoms with E-state index in [0.717, 1.165) is 16.8 Å². The number of benzene rings is 1. The van der Waals surface area contributed by atoms with Gasteiger partial charge < -0.3 is 9.47 Å². The summed E-state index contributed by atoms with van der Waals surface area (Å²) in [5, 5.41) is 8.73. The predicted octanol–water partition coefficient (Wildman–Crippen LogP) is 2.69. The molecule has 26 heavy (non-hydrogen) atoms. The lowest BCUT2D eigenvalue weighted by Crippen LogP contribution is -2.33. The van der Waals surface area contributed by atoms with Crippen LogP contribution < -0.4 is 5.48 Å². The molecule has 2 N–H and O–H groups in total. The van der Waals surface area contributed by atoms with E-state index in [0.29, 0.717) is 25.1 Å². The molecule has 0 aliphatic carbocycles. The van der Waals surface area contributed by atoms with Gasteiger partial charge in [-0.3, -0.25) is 14.8 Å². The Hall–Kier alpha value is -2.64. The second-order valence-corrected chi connectivity index (χ2v) is 7.90. The molecule has 134 valence electrons. The minimum atomic E-state index is -0.528. The third-order valence-corrected chi connectivity index (χ3v) is 5.97. The van der Waals surface area contributed by atoms with Gasteiger partial charge in [0.15, 0.2) is 0 Å². The summed E-state index contributed by atoms with van der Waals surface area (Å²) in [5.41, 5.74) is 6.58. The lowest BCUT2D eigenvalue weighted by Gasteiger charge is -2.24. The fourth-order valence-electron chi connectivity index (χ4n) is 3.51. The summed E-state index contributed by atoms with van der Waals surface area (Å²) in [5.74, 6) is -0.394. The number of thiophene rings is 1. The molecule has 0 bridgehead atoms. The van der Waals surface area contributed by atoms with Gasteiger partial charge in [-0.05, 0) is 30.7 Å². The first kappa shape index (κ1) is 16.8. The van der Waals surface area contributed by atoms with Crippen molar-refractivity contribution in [2.45, 2.75) is 26.4 Å². The van der Waals surface area contributed by atoms with Crippen molar-refractivity contribution in [2.75, 3.05) is 7.05 Å². The monoisotopic (exact) mass is 369 g/mol. The summed E-state index contributed by atoms with van der Waals surface area (Å²) in [7, 11) is 1.85. The van der Waals surface area contributed by atoms with E-state index in [9.17, 15) is 9.59 Å². The molecule has 1 aromatic carbocycles. The molecule has 0 radical (unpaired) electrons. The topological polar surface area (TPSA) is 74.6 Å². The molecule has 0 fully saturated rings. The third kappa shape index (κ3) is 2.69. The summed E-state index contributed by atoms with van der Waals surface area (Å²) in [4.78, 5) is 26.7. The average molecular weight is 369 g/mol. The van der Waals surface area contributed by atoms with Crippen molar-refractivity contribution in [2.24, 2.45) is 0 Å². The molecule has 7 heteroatoms. The lowest BCUT2D eigenvalue weighted by atomic mass is 10.1. The van der Waals surface area contributed by atoms with Crippen LogP contribution in [0.1, 0.15) is 32.1 Å². The summed E-state index contributed by atoms with van der Waals surface area (Å²) in [6, 6.07) is 9.30. The maximum Gasteiger partial charge on any atom is 0.274 e. The SMILES string of the molecule is Cc1cc2c(s1)c1c(n2Cc2ccc(C(=O)NO)cc2)CC(=O)N(C)C1. The minimum absolute atomic E-state index is 0.135. The fourth-order valence-corrected chi connectivity index (χ4v) is 4.59. The third-order valence-electron chi connectivity index (χ3n) is 4.87. The highest BCUT2D eigenvalue weighted by atomic mass is 32.1. The lowest BCUT2D eigenvalue weighted by molar-refractivity contribution is -0.130. The van der Waals surface area contributed by atoms with Gasteiger partial charge >= 0.3 is 0 Å². The molecule has 4 rings (SSSR count). The van der Waals surface area contributed by atoms with Crippen LogP contribution in [0.4, 0.5) is 0 Å². The Morgan fingerprint density at radius 3 is 2.73 bits per heavy atom. The number of carbonyl (C=O) groups excluding carboxylic acids is 2. The molecule has 2 amide bonds. The molecule has 0 spiro atoms. The quantitative estimate of drug-likeness (QED) is 0.551.